The zero-order valence-electron chi connectivity index (χ0n) is 12.0. The molecule has 3 rings (SSSR count). The van der Waals surface area contributed by atoms with Crippen LogP contribution >= 0.6 is 0 Å². The minimum Gasteiger partial charge on any atom is -0.481 e. The Morgan fingerprint density at radius 1 is 1.33 bits per heavy atom. The van der Waals surface area contributed by atoms with Crippen molar-refractivity contribution < 1.29 is 24.2 Å². The second-order valence-corrected chi connectivity index (χ2v) is 5.98. The maximum Gasteiger partial charge on any atom is 0.305 e. The van der Waals surface area contributed by atoms with Gasteiger partial charge in [-0.1, -0.05) is 0 Å². The second kappa shape index (κ2) is 5.90. The van der Waals surface area contributed by atoms with Crippen molar-refractivity contribution in [2.45, 2.75) is 50.0 Å². The number of nitrogens with zero attached hydrogens (tertiary/aromatic N) is 1. The maximum absolute atomic E-state index is 12.0. The number of carbonyl (C=O) groups is 2. The minimum atomic E-state index is -0.934. The Balaban J connectivity index is 1.64. The molecule has 118 valence electrons. The molecule has 2 N–H and O–H groups in total. The van der Waals surface area contributed by atoms with Crippen LogP contribution in [0.2, 0.25) is 0 Å². The van der Waals surface area contributed by atoms with Gasteiger partial charge in [-0.25, -0.2) is 0 Å². The summed E-state index contributed by atoms with van der Waals surface area (Å²) in [5.74, 6) is -1.52. The van der Waals surface area contributed by atoms with Crippen molar-refractivity contribution in [2.75, 3.05) is 26.3 Å². The normalized spacial score (nSPS) is 30.5. The van der Waals surface area contributed by atoms with Gasteiger partial charge in [0, 0.05) is 32.0 Å². The molecular weight excluding hydrogens is 276 g/mol. The third kappa shape index (κ3) is 3.04. The van der Waals surface area contributed by atoms with Crippen LogP contribution in [0.15, 0.2) is 0 Å². The van der Waals surface area contributed by atoms with Crippen molar-refractivity contribution >= 4 is 11.9 Å². The van der Waals surface area contributed by atoms with Crippen LogP contribution in [0.5, 0.6) is 0 Å². The van der Waals surface area contributed by atoms with Crippen molar-refractivity contribution in [3.05, 3.63) is 0 Å². The molecule has 0 radical (unpaired) electrons. The molecule has 7 nitrogen and oxygen atoms in total. The maximum atomic E-state index is 12.0. The van der Waals surface area contributed by atoms with Crippen molar-refractivity contribution in [3.8, 4) is 0 Å². The molecule has 3 fully saturated rings. The van der Waals surface area contributed by atoms with Gasteiger partial charge in [0.25, 0.3) is 0 Å². The van der Waals surface area contributed by atoms with Gasteiger partial charge < -0.3 is 19.9 Å². The topological polar surface area (TPSA) is 88.1 Å². The Bertz CT molecular complexity index is 412. The molecule has 3 aliphatic rings. The first-order valence-corrected chi connectivity index (χ1v) is 7.63. The fourth-order valence-corrected chi connectivity index (χ4v) is 3.70. The number of carboxylic acid groups (broad SMARTS) is 1. The first-order chi connectivity index (χ1) is 10.1. The summed E-state index contributed by atoms with van der Waals surface area (Å²) in [6.45, 7) is 2.60. The average Bonchev–Trinajstić information content (AvgIpc) is 2.90. The Morgan fingerprint density at radius 2 is 2.00 bits per heavy atom. The van der Waals surface area contributed by atoms with Gasteiger partial charge in [0.15, 0.2) is 5.79 Å². The van der Waals surface area contributed by atoms with Gasteiger partial charge in [0.2, 0.25) is 5.91 Å². The molecule has 1 atom stereocenters. The molecule has 1 saturated carbocycles. The summed E-state index contributed by atoms with van der Waals surface area (Å²) >= 11 is 0. The van der Waals surface area contributed by atoms with Crippen LogP contribution < -0.4 is 5.32 Å². The molecular formula is C14H22N2O5. The third-order valence-corrected chi connectivity index (χ3v) is 4.74. The Morgan fingerprint density at radius 3 is 2.62 bits per heavy atom. The number of rotatable bonds is 3. The van der Waals surface area contributed by atoms with Crippen LogP contribution in [0.3, 0.4) is 0 Å². The molecule has 2 heterocycles. The number of hydrogen-bond acceptors (Lipinski definition) is 5. The Kier molecular flexibility index (Phi) is 4.14. The highest BCUT2D eigenvalue weighted by atomic mass is 16.7. The summed E-state index contributed by atoms with van der Waals surface area (Å²) in [6.07, 6.45) is 3.25. The predicted octanol–water partition coefficient (Wildman–Crippen LogP) is -0.0528. The molecule has 0 aromatic rings. The highest BCUT2D eigenvalue weighted by molar-refractivity contribution is 5.86. The summed E-state index contributed by atoms with van der Waals surface area (Å²) in [4.78, 5) is 25.0. The zero-order chi connectivity index (χ0) is 14.9. The SMILES string of the molecule is O=C(O)CC1C(=O)NCCN1C1CCC2(CC1)OCCO2. The lowest BCUT2D eigenvalue weighted by molar-refractivity contribution is -0.186. The van der Waals surface area contributed by atoms with Crippen molar-refractivity contribution in [1.82, 2.24) is 10.2 Å². The van der Waals surface area contributed by atoms with Gasteiger partial charge in [0.1, 0.15) is 0 Å². The lowest BCUT2D eigenvalue weighted by atomic mass is 9.87. The molecule has 1 amide bonds. The van der Waals surface area contributed by atoms with Crippen LogP contribution in [-0.4, -0.2) is 66.1 Å². The van der Waals surface area contributed by atoms with E-state index in [0.717, 1.165) is 25.7 Å². The van der Waals surface area contributed by atoms with Crippen LogP contribution in [-0.2, 0) is 19.1 Å². The van der Waals surface area contributed by atoms with Gasteiger partial charge in [-0.2, -0.15) is 0 Å². The molecule has 0 aromatic carbocycles. The lowest BCUT2D eigenvalue weighted by Crippen LogP contribution is -2.60. The number of nitrogens with one attached hydrogen (secondary N) is 1. The Hall–Kier alpha value is -1.18. The van der Waals surface area contributed by atoms with Crippen LogP contribution in [0, 0.1) is 0 Å². The van der Waals surface area contributed by atoms with E-state index in [4.69, 9.17) is 14.6 Å². The van der Waals surface area contributed by atoms with E-state index in [1.165, 1.54) is 0 Å². The number of carbonyl (C=O) groups excluding carboxylic acids is 1. The lowest BCUT2D eigenvalue weighted by Gasteiger charge is -2.44. The smallest absolute Gasteiger partial charge is 0.305 e. The van der Waals surface area contributed by atoms with Crippen LogP contribution in [0.25, 0.3) is 0 Å². The fraction of sp³-hybridized carbons (Fsp3) is 0.857. The van der Waals surface area contributed by atoms with E-state index in [9.17, 15) is 9.59 Å². The zero-order valence-corrected chi connectivity index (χ0v) is 12.0. The summed E-state index contributed by atoms with van der Waals surface area (Å²) in [5, 5.41) is 11.8. The molecule has 21 heavy (non-hydrogen) atoms. The molecule has 0 aromatic heterocycles. The predicted molar refractivity (Wildman–Crippen MR) is 72.6 cm³/mol. The summed E-state index contributed by atoms with van der Waals surface area (Å²) in [5.41, 5.74) is 0. The molecule has 7 heteroatoms. The van der Waals surface area contributed by atoms with E-state index >= 15 is 0 Å². The van der Waals surface area contributed by atoms with E-state index < -0.39 is 17.8 Å². The number of piperazine rings is 1. The number of amides is 1. The molecule has 2 saturated heterocycles. The van der Waals surface area contributed by atoms with Gasteiger partial charge >= 0.3 is 5.97 Å². The second-order valence-electron chi connectivity index (χ2n) is 5.98. The van der Waals surface area contributed by atoms with Crippen molar-refractivity contribution in [3.63, 3.8) is 0 Å². The standard InChI is InChI=1S/C14H22N2O5/c17-12(18)9-11-13(19)15-5-6-16(11)10-1-3-14(4-2-10)20-7-8-21-14/h10-11H,1-9H2,(H,15,19)(H,17,18). The van der Waals surface area contributed by atoms with Crippen molar-refractivity contribution in [1.29, 1.82) is 0 Å². The van der Waals surface area contributed by atoms with Gasteiger partial charge in [0.05, 0.1) is 25.7 Å². The van der Waals surface area contributed by atoms with E-state index in [0.29, 0.717) is 26.3 Å². The van der Waals surface area contributed by atoms with Gasteiger partial charge in [-0.3, -0.25) is 14.5 Å². The van der Waals surface area contributed by atoms with E-state index in [1.54, 1.807) is 0 Å². The summed E-state index contributed by atoms with van der Waals surface area (Å²) < 4.78 is 11.4. The number of aliphatic carboxylic acids is 1. The quantitative estimate of drug-likeness (QED) is 0.759. The van der Waals surface area contributed by atoms with E-state index in [1.807, 2.05) is 0 Å². The minimum absolute atomic E-state index is 0.138. The first kappa shape index (κ1) is 14.7. The highest BCUT2D eigenvalue weighted by Crippen LogP contribution is 2.38. The van der Waals surface area contributed by atoms with E-state index in [2.05, 4.69) is 10.2 Å². The third-order valence-electron chi connectivity index (χ3n) is 4.74. The van der Waals surface area contributed by atoms with Gasteiger partial charge in [-0.05, 0) is 12.8 Å². The van der Waals surface area contributed by atoms with Crippen LogP contribution in [0.1, 0.15) is 32.1 Å². The number of hydrogen-bond donors (Lipinski definition) is 2. The molecule has 1 unspecified atom stereocenters. The first-order valence-electron chi connectivity index (χ1n) is 7.63. The van der Waals surface area contributed by atoms with Crippen LogP contribution in [0.4, 0.5) is 0 Å². The monoisotopic (exact) mass is 298 g/mol. The Labute approximate surface area is 123 Å². The largest absolute Gasteiger partial charge is 0.481 e. The molecule has 0 bridgehead atoms. The summed E-state index contributed by atoms with van der Waals surface area (Å²) in [6, 6.07) is -0.320. The van der Waals surface area contributed by atoms with Crippen molar-refractivity contribution in [2.24, 2.45) is 0 Å². The molecule has 1 aliphatic carbocycles. The van der Waals surface area contributed by atoms with Gasteiger partial charge in [-0.15, -0.1) is 0 Å². The number of ether oxygens (including phenoxy) is 2. The average molecular weight is 298 g/mol. The fourth-order valence-electron chi connectivity index (χ4n) is 3.70. The molecule has 1 spiro atoms. The number of carboxylic acids is 1. The summed E-state index contributed by atoms with van der Waals surface area (Å²) in [7, 11) is 0. The molecule has 2 aliphatic heterocycles. The highest BCUT2D eigenvalue weighted by Gasteiger charge is 2.44. The van der Waals surface area contributed by atoms with E-state index in [-0.39, 0.29) is 18.4 Å².